The molecule has 1 amide bonds. The van der Waals surface area contributed by atoms with E-state index in [0.717, 1.165) is 11.3 Å². The molecule has 4 nitrogen and oxygen atoms in total. The van der Waals surface area contributed by atoms with E-state index in [0.29, 0.717) is 5.56 Å². The third-order valence-corrected chi connectivity index (χ3v) is 7.27. The fourth-order valence-corrected chi connectivity index (χ4v) is 4.67. The lowest BCUT2D eigenvalue weighted by molar-refractivity contribution is 0.0147. The van der Waals surface area contributed by atoms with E-state index in [1.165, 1.54) is 18.2 Å². The number of carbonyl (C=O) groups is 1. The highest BCUT2D eigenvalue weighted by atomic mass is 35.5. The maximum absolute atomic E-state index is 16.6. The van der Waals surface area contributed by atoms with Crippen LogP contribution in [0.1, 0.15) is 28.0 Å². The van der Waals surface area contributed by atoms with Crippen LogP contribution in [-0.2, 0) is 5.34 Å². The van der Waals surface area contributed by atoms with Crippen LogP contribution >= 0.6 is 11.6 Å². The maximum atomic E-state index is 16.6. The van der Waals surface area contributed by atoms with E-state index < -0.39 is 27.4 Å². The first-order valence-corrected chi connectivity index (χ1v) is 11.6. The van der Waals surface area contributed by atoms with Crippen molar-refractivity contribution in [1.29, 1.82) is 0 Å². The summed E-state index contributed by atoms with van der Waals surface area (Å²) < 4.78 is 30.2. The van der Waals surface area contributed by atoms with Crippen LogP contribution in [0, 0.1) is 12.7 Å². The van der Waals surface area contributed by atoms with Gasteiger partial charge in [0.05, 0.1) is 5.02 Å². The van der Waals surface area contributed by atoms with Crippen molar-refractivity contribution in [2.45, 2.75) is 34.9 Å². The summed E-state index contributed by atoms with van der Waals surface area (Å²) in [6.07, 6.45) is 1.96. The Kier molecular flexibility index (Phi) is 6.96. The number of rotatable bonds is 5. The largest absolute Gasteiger partial charge is 0.350 e. The van der Waals surface area contributed by atoms with Gasteiger partial charge in [-0.05, 0) is 59.1 Å². The summed E-state index contributed by atoms with van der Waals surface area (Å²) >= 11 is 5.89. The molecule has 0 aliphatic carbocycles. The van der Waals surface area contributed by atoms with Crippen molar-refractivity contribution in [2.24, 2.45) is 0 Å². The Hall–Kier alpha value is -1.66. The Morgan fingerprint density at radius 2 is 1.91 bits per heavy atom. The van der Waals surface area contributed by atoms with Crippen LogP contribution in [0.4, 0.5) is 8.78 Å². The molecular weight excluding hydrogens is 437 g/mol. The van der Waals surface area contributed by atoms with Gasteiger partial charge in [-0.25, -0.2) is 8.78 Å². The summed E-state index contributed by atoms with van der Waals surface area (Å²) in [5, 5.41) is 1.18. The lowest BCUT2D eigenvalue weighted by Gasteiger charge is -2.57. The third kappa shape index (κ3) is 5.22. The average Bonchev–Trinajstić information content (AvgIpc) is 2.71. The summed E-state index contributed by atoms with van der Waals surface area (Å²) in [5.41, 5.74) is 0.630. The van der Waals surface area contributed by atoms with Gasteiger partial charge in [-0.3, -0.25) is 9.78 Å². The zero-order valence-electron chi connectivity index (χ0n) is 20.5. The summed E-state index contributed by atoms with van der Waals surface area (Å²) in [5.74, 6) is -0.861. The van der Waals surface area contributed by atoms with E-state index in [-0.39, 0.29) is 30.4 Å². The quantitative estimate of drug-likeness (QED) is 0.507. The first-order chi connectivity index (χ1) is 15.1. The molecule has 1 atom stereocenters. The lowest BCUT2D eigenvalue weighted by atomic mass is 9.39. The minimum atomic E-state index is -1.57. The molecule has 1 aliphatic heterocycles. The van der Waals surface area contributed by atoms with Crippen LogP contribution in [0.2, 0.25) is 10.2 Å². The molecule has 3 rings (SSSR count). The van der Waals surface area contributed by atoms with Gasteiger partial charge in [0, 0.05) is 30.5 Å². The first-order valence-electron chi connectivity index (χ1n) is 11.2. The first kappa shape index (κ1) is 26.0. The second kappa shape index (κ2) is 8.84. The van der Waals surface area contributed by atoms with Crippen LogP contribution in [-0.4, -0.2) is 87.0 Å². The van der Waals surface area contributed by atoms with Gasteiger partial charge in [0.1, 0.15) is 58.6 Å². The number of carbonyl (C=O) groups excluding carboxylic acids is 1. The van der Waals surface area contributed by atoms with Crippen LogP contribution < -0.4 is 5.32 Å². The van der Waals surface area contributed by atoms with E-state index in [1.807, 2.05) is 72.3 Å². The number of amides is 1. The van der Waals surface area contributed by atoms with Crippen molar-refractivity contribution >= 4 is 64.6 Å². The summed E-state index contributed by atoms with van der Waals surface area (Å²) in [6.45, 7) is 2.32. The molecule has 1 unspecified atom stereocenters. The normalized spacial score (nSPS) is 22.1. The molecule has 0 spiro atoms. The molecule has 13 heteroatoms. The highest BCUT2D eigenvalue weighted by Gasteiger charge is 2.56. The van der Waals surface area contributed by atoms with Crippen LogP contribution in [0.15, 0.2) is 36.5 Å². The predicted octanol–water partition coefficient (Wildman–Crippen LogP) is -2.29. The van der Waals surface area contributed by atoms with Gasteiger partial charge in [0.15, 0.2) is 0 Å². The third-order valence-electron chi connectivity index (χ3n) is 6.98. The molecule has 1 aromatic carbocycles. The molecule has 1 aliphatic rings. The van der Waals surface area contributed by atoms with Gasteiger partial charge in [-0.2, -0.15) is 0 Å². The Labute approximate surface area is 205 Å². The number of halogens is 3. The second-order valence-electron chi connectivity index (χ2n) is 11.1. The molecule has 0 bridgehead atoms. The van der Waals surface area contributed by atoms with E-state index in [2.05, 4.69) is 10.3 Å². The van der Waals surface area contributed by atoms with E-state index in [1.54, 1.807) is 4.90 Å². The zero-order chi connectivity index (χ0) is 24.8. The van der Waals surface area contributed by atoms with Gasteiger partial charge in [-0.1, -0.05) is 17.7 Å². The number of alkyl halides is 1. The molecule has 33 heavy (non-hydrogen) atoms. The Morgan fingerprint density at radius 3 is 2.48 bits per heavy atom. The minimum Gasteiger partial charge on any atom is -0.350 e. The maximum Gasteiger partial charge on any atom is 0.253 e. The smallest absolute Gasteiger partial charge is 0.253 e. The molecule has 0 radical (unpaired) electrons. The van der Waals surface area contributed by atoms with Crippen LogP contribution in [0.5, 0.6) is 0 Å². The number of hydrogen-bond acceptors (Lipinski definition) is 3. The number of likely N-dealkylation sites (tertiary alicyclic amines) is 1. The highest BCUT2D eigenvalue weighted by molar-refractivity contribution is 6.44. The number of aryl methyl sites for hydroxylation is 1. The fourth-order valence-electron chi connectivity index (χ4n) is 4.49. The van der Waals surface area contributed by atoms with Gasteiger partial charge in [-0.15, -0.1) is 0 Å². The molecule has 168 valence electrons. The number of pyridine rings is 1. The fraction of sp³-hybridized carbons (Fsp3) is 0.400. The van der Waals surface area contributed by atoms with Crippen molar-refractivity contribution in [3.8, 4) is 0 Å². The molecule has 0 saturated carbocycles. The van der Waals surface area contributed by atoms with Crippen molar-refractivity contribution in [3.63, 3.8) is 0 Å². The highest BCUT2D eigenvalue weighted by Crippen LogP contribution is 2.47. The zero-order valence-corrected chi connectivity index (χ0v) is 21.3. The Bertz CT molecular complexity index is 1060. The summed E-state index contributed by atoms with van der Waals surface area (Å²) in [6, 6.07) is 7.89. The van der Waals surface area contributed by atoms with Gasteiger partial charge < -0.3 is 10.2 Å². The number of piperidine rings is 1. The molecule has 1 aromatic heterocycles. The number of aromatic nitrogens is 1. The van der Waals surface area contributed by atoms with Gasteiger partial charge >= 0.3 is 0 Å². The Balaban J connectivity index is 1.82. The van der Waals surface area contributed by atoms with Crippen molar-refractivity contribution in [3.05, 3.63) is 64.2 Å². The van der Waals surface area contributed by atoms with Gasteiger partial charge in [0.25, 0.3) is 5.91 Å². The summed E-state index contributed by atoms with van der Waals surface area (Å²) in [4.78, 5) is 19.5. The molecule has 1 saturated heterocycles. The molecule has 1 N–H and O–H groups in total. The van der Waals surface area contributed by atoms with E-state index in [9.17, 15) is 9.18 Å². The predicted molar refractivity (Wildman–Crippen MR) is 146 cm³/mol. The van der Waals surface area contributed by atoms with Crippen LogP contribution in [0.25, 0.3) is 0 Å². The number of benzene rings is 1. The molecular formula is C20H28B6ClF2N3O. The number of hydrogen-bond donors (Lipinski definition) is 1. The summed E-state index contributed by atoms with van der Waals surface area (Å²) in [7, 11) is 11.4. The van der Waals surface area contributed by atoms with E-state index >= 15 is 4.39 Å². The molecule has 2 aromatic rings. The second-order valence-corrected chi connectivity index (χ2v) is 11.5. The van der Waals surface area contributed by atoms with Crippen molar-refractivity contribution < 1.29 is 13.6 Å². The van der Waals surface area contributed by atoms with Crippen molar-refractivity contribution in [2.75, 3.05) is 13.1 Å². The van der Waals surface area contributed by atoms with Gasteiger partial charge in [0.2, 0.25) is 0 Å². The minimum absolute atomic E-state index is 0.106. The number of nitrogens with one attached hydrogen (secondary N) is 1. The van der Waals surface area contributed by atoms with Crippen LogP contribution in [0.3, 0.4) is 0 Å². The van der Waals surface area contributed by atoms with Crippen molar-refractivity contribution in [1.82, 2.24) is 15.2 Å². The topological polar surface area (TPSA) is 45.2 Å². The van der Waals surface area contributed by atoms with E-state index in [4.69, 9.17) is 11.6 Å². The standard InChI is InChI=1S/C20H28B6ClF2N3O/c1-11-2-5-15(30-7-11)20(25,26)31-9-17(29)8-19(23,24)32(10-18(17,21)22)16(33)12-3-4-14(28)13(27)6-12/h2-7,31H,8-10,21-26H2,1H3. The monoisotopic (exact) mass is 465 g/mol. The average molecular weight is 465 g/mol. The number of nitrogens with zero attached hydrogens (tertiary/aromatic N) is 2. The Morgan fingerprint density at radius 1 is 1.24 bits per heavy atom. The molecule has 1 fully saturated rings. The SMILES string of the molecule is BC(B)(NCC1(F)CC(B)(B)N(C(=O)c2ccc(F)c(Cl)c2)CC1(B)B)c1ccc(C)cn1. The lowest BCUT2D eigenvalue weighted by Crippen LogP contribution is -2.69. The molecule has 2 heterocycles.